The van der Waals surface area contributed by atoms with Crippen LogP contribution in [0, 0.1) is 5.82 Å². The van der Waals surface area contributed by atoms with Crippen LogP contribution in [0.5, 0.6) is 5.75 Å². The van der Waals surface area contributed by atoms with Gasteiger partial charge in [-0.15, -0.1) is 0 Å². The molecule has 2 heterocycles. The summed E-state index contributed by atoms with van der Waals surface area (Å²) in [4.78, 5) is 12.6. The zero-order valence-electron chi connectivity index (χ0n) is 16.3. The van der Waals surface area contributed by atoms with Crippen LogP contribution in [-0.4, -0.2) is 15.7 Å². The first-order valence-electron chi connectivity index (χ1n) is 9.33. The molecular formula is C22H15BrCl2FN3O3. The van der Waals surface area contributed by atoms with E-state index in [0.717, 1.165) is 11.6 Å². The number of rotatable bonds is 7. The Labute approximate surface area is 201 Å². The minimum absolute atomic E-state index is 0.0258. The van der Waals surface area contributed by atoms with Gasteiger partial charge in [-0.1, -0.05) is 35.3 Å². The number of amides is 1. The maximum atomic E-state index is 13.1. The SMILES string of the molecule is O=C(Nc1nn(Cc2ccc(Cl)cc2)cc1Br)c1ccc(COc2ccc(F)cc2Cl)o1. The number of nitrogens with one attached hydrogen (secondary N) is 1. The molecule has 0 unspecified atom stereocenters. The highest BCUT2D eigenvalue weighted by molar-refractivity contribution is 9.10. The summed E-state index contributed by atoms with van der Waals surface area (Å²) in [5.41, 5.74) is 1.01. The summed E-state index contributed by atoms with van der Waals surface area (Å²) in [6, 6.07) is 14.4. The molecule has 4 aromatic rings. The van der Waals surface area contributed by atoms with Gasteiger partial charge in [-0.25, -0.2) is 4.39 Å². The molecule has 0 aliphatic rings. The maximum absolute atomic E-state index is 13.1. The molecule has 0 aliphatic carbocycles. The van der Waals surface area contributed by atoms with Crippen LogP contribution in [0.2, 0.25) is 10.0 Å². The number of anilines is 1. The van der Waals surface area contributed by atoms with E-state index in [4.69, 9.17) is 32.4 Å². The van der Waals surface area contributed by atoms with E-state index in [1.54, 1.807) is 29.1 Å². The Hall–Kier alpha value is -2.81. The van der Waals surface area contributed by atoms with E-state index in [-0.39, 0.29) is 17.4 Å². The van der Waals surface area contributed by atoms with Gasteiger partial charge in [0.15, 0.2) is 11.6 Å². The molecule has 1 amide bonds. The van der Waals surface area contributed by atoms with Gasteiger partial charge in [0.2, 0.25) is 0 Å². The first-order valence-corrected chi connectivity index (χ1v) is 10.9. The third-order valence-electron chi connectivity index (χ3n) is 4.36. The van der Waals surface area contributed by atoms with Crippen molar-refractivity contribution in [2.24, 2.45) is 0 Å². The number of furan rings is 1. The maximum Gasteiger partial charge on any atom is 0.292 e. The van der Waals surface area contributed by atoms with Crippen LogP contribution in [0.25, 0.3) is 0 Å². The summed E-state index contributed by atoms with van der Waals surface area (Å²) < 4.78 is 26.5. The van der Waals surface area contributed by atoms with Crippen molar-refractivity contribution < 1.29 is 18.3 Å². The number of hydrogen-bond acceptors (Lipinski definition) is 4. The number of halogens is 4. The minimum atomic E-state index is -0.464. The third-order valence-corrected chi connectivity index (χ3v) is 5.48. The van der Waals surface area contributed by atoms with Gasteiger partial charge < -0.3 is 14.5 Å². The summed E-state index contributed by atoms with van der Waals surface area (Å²) in [6.07, 6.45) is 1.76. The largest absolute Gasteiger partial charge is 0.484 e. The molecule has 6 nitrogen and oxygen atoms in total. The second-order valence-electron chi connectivity index (χ2n) is 6.73. The van der Waals surface area contributed by atoms with Crippen molar-refractivity contribution in [3.63, 3.8) is 0 Å². The van der Waals surface area contributed by atoms with Crippen molar-refractivity contribution in [2.75, 3.05) is 5.32 Å². The highest BCUT2D eigenvalue weighted by atomic mass is 79.9. The molecule has 0 saturated carbocycles. The summed E-state index contributed by atoms with van der Waals surface area (Å²) in [5, 5.41) is 7.90. The normalized spacial score (nSPS) is 10.9. The zero-order chi connectivity index (χ0) is 22.7. The Kier molecular flexibility index (Phi) is 6.83. The number of nitrogens with zero attached hydrogens (tertiary/aromatic N) is 2. The molecule has 0 atom stereocenters. The molecule has 0 radical (unpaired) electrons. The second-order valence-corrected chi connectivity index (χ2v) is 8.43. The van der Waals surface area contributed by atoms with Crippen molar-refractivity contribution >= 4 is 50.9 Å². The average Bonchev–Trinajstić information content (AvgIpc) is 3.36. The van der Waals surface area contributed by atoms with Crippen LogP contribution in [0.4, 0.5) is 10.2 Å². The third kappa shape index (κ3) is 5.51. The van der Waals surface area contributed by atoms with E-state index in [1.165, 1.54) is 18.2 Å². The van der Waals surface area contributed by atoms with Gasteiger partial charge in [-0.05, 0) is 64.0 Å². The van der Waals surface area contributed by atoms with E-state index in [0.29, 0.717) is 33.4 Å². The summed E-state index contributed by atoms with van der Waals surface area (Å²) in [5.74, 6) is 0.243. The molecule has 10 heteroatoms. The molecule has 2 aromatic heterocycles. The molecule has 0 saturated heterocycles. The summed E-state index contributed by atoms with van der Waals surface area (Å²) in [6.45, 7) is 0.540. The van der Waals surface area contributed by atoms with Gasteiger partial charge in [0.05, 0.1) is 16.0 Å². The highest BCUT2D eigenvalue weighted by Crippen LogP contribution is 2.26. The van der Waals surface area contributed by atoms with Gasteiger partial charge >= 0.3 is 0 Å². The molecule has 164 valence electrons. The van der Waals surface area contributed by atoms with Crippen LogP contribution < -0.4 is 10.1 Å². The fourth-order valence-corrected chi connectivity index (χ4v) is 3.59. The molecular weight excluding hydrogens is 524 g/mol. The number of hydrogen-bond donors (Lipinski definition) is 1. The van der Waals surface area contributed by atoms with Gasteiger partial charge in [0.25, 0.3) is 5.91 Å². The molecule has 2 aromatic carbocycles. The Morgan fingerprint density at radius 2 is 1.94 bits per heavy atom. The lowest BCUT2D eigenvalue weighted by molar-refractivity contribution is 0.0992. The van der Waals surface area contributed by atoms with E-state index < -0.39 is 11.7 Å². The zero-order valence-corrected chi connectivity index (χ0v) is 19.4. The first-order chi connectivity index (χ1) is 15.4. The Morgan fingerprint density at radius 1 is 1.16 bits per heavy atom. The molecule has 0 fully saturated rings. The Morgan fingerprint density at radius 3 is 2.69 bits per heavy atom. The van der Waals surface area contributed by atoms with E-state index >= 15 is 0 Å². The van der Waals surface area contributed by atoms with Gasteiger partial charge in [0.1, 0.15) is 23.9 Å². The van der Waals surface area contributed by atoms with E-state index in [9.17, 15) is 9.18 Å². The van der Waals surface area contributed by atoms with Crippen molar-refractivity contribution in [3.8, 4) is 5.75 Å². The lowest BCUT2D eigenvalue weighted by atomic mass is 10.2. The minimum Gasteiger partial charge on any atom is -0.484 e. The highest BCUT2D eigenvalue weighted by Gasteiger charge is 2.16. The first kappa shape index (κ1) is 22.4. The van der Waals surface area contributed by atoms with Gasteiger partial charge in [0, 0.05) is 11.2 Å². The molecule has 0 aliphatic heterocycles. The number of carbonyl (C=O) groups is 1. The number of ether oxygens (including phenoxy) is 1. The second kappa shape index (κ2) is 9.77. The lowest BCUT2D eigenvalue weighted by Crippen LogP contribution is -2.12. The van der Waals surface area contributed by atoms with Crippen LogP contribution in [-0.2, 0) is 13.2 Å². The van der Waals surface area contributed by atoms with Crippen molar-refractivity contribution in [1.29, 1.82) is 0 Å². The molecule has 0 spiro atoms. The predicted octanol–water partition coefficient (Wildman–Crippen LogP) is 6.56. The predicted molar refractivity (Wildman–Crippen MR) is 123 cm³/mol. The Balaban J connectivity index is 1.37. The monoisotopic (exact) mass is 537 g/mol. The van der Waals surface area contributed by atoms with Crippen molar-refractivity contribution in [2.45, 2.75) is 13.2 Å². The quantitative estimate of drug-likeness (QED) is 0.289. The van der Waals surface area contributed by atoms with E-state index in [1.807, 2.05) is 12.1 Å². The fraction of sp³-hybridized carbons (Fsp3) is 0.0909. The van der Waals surface area contributed by atoms with Crippen LogP contribution in [0.15, 0.2) is 69.7 Å². The number of benzene rings is 2. The van der Waals surface area contributed by atoms with Crippen molar-refractivity contribution in [3.05, 3.63) is 98.2 Å². The average molecular weight is 539 g/mol. The molecule has 1 N–H and O–H groups in total. The summed E-state index contributed by atoms with van der Waals surface area (Å²) in [7, 11) is 0. The summed E-state index contributed by atoms with van der Waals surface area (Å²) >= 11 is 15.3. The lowest BCUT2D eigenvalue weighted by Gasteiger charge is -2.06. The van der Waals surface area contributed by atoms with Crippen LogP contribution in [0.1, 0.15) is 21.9 Å². The van der Waals surface area contributed by atoms with Crippen LogP contribution >= 0.6 is 39.1 Å². The fourth-order valence-electron chi connectivity index (χ4n) is 2.83. The van der Waals surface area contributed by atoms with Crippen LogP contribution in [0.3, 0.4) is 0 Å². The van der Waals surface area contributed by atoms with Crippen molar-refractivity contribution in [1.82, 2.24) is 9.78 Å². The van der Waals surface area contributed by atoms with Gasteiger partial charge in [-0.3, -0.25) is 9.48 Å². The molecule has 4 rings (SSSR count). The number of aromatic nitrogens is 2. The molecule has 0 bridgehead atoms. The standard InChI is InChI=1S/C22H15BrCl2FN3O3/c23-17-11-29(10-13-1-3-14(24)4-2-13)28-21(17)27-22(30)20-8-6-16(32-20)12-31-19-7-5-15(26)9-18(19)25/h1-9,11H,10,12H2,(H,27,28,30). The number of carbonyl (C=O) groups excluding carboxylic acids is 1. The van der Waals surface area contributed by atoms with Gasteiger partial charge in [-0.2, -0.15) is 5.10 Å². The van der Waals surface area contributed by atoms with E-state index in [2.05, 4.69) is 26.3 Å². The smallest absolute Gasteiger partial charge is 0.292 e. The topological polar surface area (TPSA) is 69.3 Å². The molecule has 32 heavy (non-hydrogen) atoms. The Bertz CT molecular complexity index is 1260.